The van der Waals surface area contributed by atoms with Gasteiger partial charge in [-0.05, 0) is 31.0 Å². The van der Waals surface area contributed by atoms with Crippen molar-refractivity contribution in [1.82, 2.24) is 10.2 Å². The zero-order valence-corrected chi connectivity index (χ0v) is 12.1. The summed E-state index contributed by atoms with van der Waals surface area (Å²) in [5, 5.41) is 8.72. The Bertz CT molecular complexity index is 640. The minimum atomic E-state index is 0.255. The van der Waals surface area contributed by atoms with Gasteiger partial charge < -0.3 is 18.6 Å². The molecule has 1 saturated heterocycles. The second kappa shape index (κ2) is 5.57. The fourth-order valence-corrected chi connectivity index (χ4v) is 3.18. The molecule has 3 heterocycles. The maximum Gasteiger partial charge on any atom is 0.276 e. The van der Waals surface area contributed by atoms with Crippen LogP contribution in [0.2, 0.25) is 0 Å². The van der Waals surface area contributed by atoms with Crippen LogP contribution >= 0.6 is 11.8 Å². The monoisotopic (exact) mass is 306 g/mol. The van der Waals surface area contributed by atoms with E-state index in [4.69, 9.17) is 18.6 Å². The lowest BCUT2D eigenvalue weighted by molar-refractivity contribution is 0.128. The van der Waals surface area contributed by atoms with E-state index in [0.29, 0.717) is 23.0 Å². The Kier molecular flexibility index (Phi) is 3.44. The molecule has 2 aliphatic rings. The van der Waals surface area contributed by atoms with E-state index in [1.165, 1.54) is 11.8 Å². The number of fused-ring (bicyclic) bond motifs is 1. The highest BCUT2D eigenvalue weighted by atomic mass is 32.2. The largest absolute Gasteiger partial charge is 0.454 e. The summed E-state index contributed by atoms with van der Waals surface area (Å²) >= 11 is 1.54. The van der Waals surface area contributed by atoms with Crippen LogP contribution in [-0.2, 0) is 4.74 Å². The van der Waals surface area contributed by atoms with Crippen molar-refractivity contribution in [2.45, 2.75) is 24.2 Å². The van der Waals surface area contributed by atoms with Crippen LogP contribution < -0.4 is 9.47 Å². The number of ether oxygens (including phenoxy) is 3. The lowest BCUT2D eigenvalue weighted by Gasteiger charge is -2.05. The van der Waals surface area contributed by atoms with Crippen LogP contribution in [0.3, 0.4) is 0 Å². The summed E-state index contributed by atoms with van der Waals surface area (Å²) in [6.07, 6.45) is 2.55. The normalized spacial score (nSPS) is 20.1. The summed E-state index contributed by atoms with van der Waals surface area (Å²) in [5.74, 6) is 2.79. The second-order valence-corrected chi connectivity index (χ2v) is 5.86. The van der Waals surface area contributed by atoms with Crippen LogP contribution in [0.15, 0.2) is 27.8 Å². The second-order valence-electron chi connectivity index (χ2n) is 4.89. The molecule has 4 rings (SSSR count). The molecule has 2 aliphatic heterocycles. The number of rotatable bonds is 4. The van der Waals surface area contributed by atoms with Crippen molar-refractivity contribution >= 4 is 11.8 Å². The van der Waals surface area contributed by atoms with Crippen LogP contribution in [0.1, 0.15) is 12.8 Å². The number of hydrogen-bond acceptors (Lipinski definition) is 7. The van der Waals surface area contributed by atoms with E-state index in [1.807, 2.05) is 18.2 Å². The molecule has 0 radical (unpaired) electrons. The molecule has 0 unspecified atom stereocenters. The van der Waals surface area contributed by atoms with Gasteiger partial charge in [0.05, 0.1) is 6.10 Å². The number of thioether (sulfide) groups is 1. The molecule has 0 spiro atoms. The predicted molar refractivity (Wildman–Crippen MR) is 75.6 cm³/mol. The van der Waals surface area contributed by atoms with E-state index in [-0.39, 0.29) is 6.79 Å². The van der Waals surface area contributed by atoms with Crippen LogP contribution in [0.4, 0.5) is 0 Å². The zero-order chi connectivity index (χ0) is 14.1. The molecule has 0 amide bonds. The molecule has 0 saturated carbocycles. The highest BCUT2D eigenvalue weighted by Crippen LogP contribution is 2.36. The maximum absolute atomic E-state index is 5.68. The smallest absolute Gasteiger partial charge is 0.276 e. The average Bonchev–Trinajstić information content (AvgIpc) is 3.25. The number of nitrogens with zero attached hydrogens (tertiary/aromatic N) is 2. The average molecular weight is 306 g/mol. The van der Waals surface area contributed by atoms with Gasteiger partial charge in [-0.3, -0.25) is 0 Å². The number of aromatic nitrogens is 2. The first-order valence-corrected chi connectivity index (χ1v) is 7.85. The van der Waals surface area contributed by atoms with Crippen molar-refractivity contribution in [3.05, 3.63) is 18.2 Å². The van der Waals surface area contributed by atoms with Gasteiger partial charge in [-0.25, -0.2) is 0 Å². The first-order chi connectivity index (χ1) is 10.4. The van der Waals surface area contributed by atoms with Crippen molar-refractivity contribution < 1.29 is 18.6 Å². The topological polar surface area (TPSA) is 66.6 Å². The van der Waals surface area contributed by atoms with E-state index in [0.717, 1.165) is 36.5 Å². The molecule has 21 heavy (non-hydrogen) atoms. The van der Waals surface area contributed by atoms with Gasteiger partial charge in [0, 0.05) is 17.9 Å². The van der Waals surface area contributed by atoms with Crippen LogP contribution in [-0.4, -0.2) is 35.5 Å². The van der Waals surface area contributed by atoms with Crippen LogP contribution in [0, 0.1) is 0 Å². The summed E-state index contributed by atoms with van der Waals surface area (Å²) in [6.45, 7) is 1.11. The van der Waals surface area contributed by atoms with Gasteiger partial charge >= 0.3 is 0 Å². The summed E-state index contributed by atoms with van der Waals surface area (Å²) < 4.78 is 21.9. The van der Waals surface area contributed by atoms with Gasteiger partial charge in [0.15, 0.2) is 11.5 Å². The molecule has 6 nitrogen and oxygen atoms in total. The van der Waals surface area contributed by atoms with Gasteiger partial charge in [-0.2, -0.15) is 0 Å². The molecule has 7 heteroatoms. The lowest BCUT2D eigenvalue weighted by atomic mass is 10.2. The molecule has 0 bridgehead atoms. The van der Waals surface area contributed by atoms with Crippen molar-refractivity contribution in [2.75, 3.05) is 19.2 Å². The van der Waals surface area contributed by atoms with Crippen molar-refractivity contribution in [3.63, 3.8) is 0 Å². The first kappa shape index (κ1) is 13.0. The first-order valence-electron chi connectivity index (χ1n) is 6.86. The van der Waals surface area contributed by atoms with Crippen LogP contribution in [0.5, 0.6) is 11.5 Å². The van der Waals surface area contributed by atoms with Crippen molar-refractivity contribution in [2.24, 2.45) is 0 Å². The highest BCUT2D eigenvalue weighted by molar-refractivity contribution is 7.99. The Morgan fingerprint density at radius 1 is 1.19 bits per heavy atom. The maximum atomic E-state index is 5.68. The Morgan fingerprint density at radius 2 is 2.14 bits per heavy atom. The van der Waals surface area contributed by atoms with E-state index in [2.05, 4.69) is 10.2 Å². The standard InChI is InChI=1S/C14H14N2O4S/c1-2-10(17-5-1)7-21-14-16-15-13(20-14)9-3-4-11-12(6-9)19-8-18-11/h3-4,6,10H,1-2,5,7-8H2/t10-/m1/s1. The summed E-state index contributed by atoms with van der Waals surface area (Å²) in [5.41, 5.74) is 0.829. The zero-order valence-electron chi connectivity index (χ0n) is 11.3. The predicted octanol–water partition coefficient (Wildman–Crippen LogP) is 2.74. The molecule has 1 aromatic carbocycles. The molecule has 0 aliphatic carbocycles. The SMILES string of the molecule is c1cc2c(cc1-c1nnc(SC[C@H]3CCCO3)o1)OCO2. The van der Waals surface area contributed by atoms with Gasteiger partial charge in [-0.1, -0.05) is 11.8 Å². The Labute approximate surface area is 125 Å². The molecule has 0 N–H and O–H groups in total. The fourth-order valence-electron chi connectivity index (χ4n) is 2.35. The van der Waals surface area contributed by atoms with Crippen LogP contribution in [0.25, 0.3) is 11.5 Å². The minimum Gasteiger partial charge on any atom is -0.454 e. The van der Waals surface area contributed by atoms with E-state index in [1.54, 1.807) is 0 Å². The molecule has 1 fully saturated rings. The third kappa shape index (κ3) is 2.71. The quantitative estimate of drug-likeness (QED) is 0.804. The van der Waals surface area contributed by atoms with Gasteiger partial charge in [-0.15, -0.1) is 10.2 Å². The van der Waals surface area contributed by atoms with E-state index in [9.17, 15) is 0 Å². The van der Waals surface area contributed by atoms with Crippen molar-refractivity contribution in [1.29, 1.82) is 0 Å². The molecule has 1 atom stereocenters. The van der Waals surface area contributed by atoms with Gasteiger partial charge in [0.25, 0.3) is 5.22 Å². The minimum absolute atomic E-state index is 0.255. The number of benzene rings is 1. The molecule has 1 aromatic heterocycles. The number of hydrogen-bond donors (Lipinski definition) is 0. The van der Waals surface area contributed by atoms with Crippen molar-refractivity contribution in [3.8, 4) is 23.0 Å². The Hall–Kier alpha value is -1.73. The molecular weight excluding hydrogens is 292 g/mol. The summed E-state index contributed by atoms with van der Waals surface area (Å²) in [7, 11) is 0. The summed E-state index contributed by atoms with van der Waals surface area (Å²) in [6, 6.07) is 5.58. The van der Waals surface area contributed by atoms with E-state index >= 15 is 0 Å². The summed E-state index contributed by atoms with van der Waals surface area (Å²) in [4.78, 5) is 0. The lowest BCUT2D eigenvalue weighted by Crippen LogP contribution is -2.07. The molecular formula is C14H14N2O4S. The van der Waals surface area contributed by atoms with E-state index < -0.39 is 0 Å². The fraction of sp³-hybridized carbons (Fsp3) is 0.429. The van der Waals surface area contributed by atoms with Gasteiger partial charge in [0.1, 0.15) is 0 Å². The Balaban J connectivity index is 1.46. The highest BCUT2D eigenvalue weighted by Gasteiger charge is 2.19. The molecule has 110 valence electrons. The third-order valence-corrected chi connectivity index (χ3v) is 4.39. The molecule has 2 aromatic rings. The Morgan fingerprint density at radius 3 is 3.05 bits per heavy atom. The third-order valence-electron chi connectivity index (χ3n) is 3.44. The van der Waals surface area contributed by atoms with Gasteiger partial charge in [0.2, 0.25) is 12.7 Å².